The van der Waals surface area contributed by atoms with Crippen molar-refractivity contribution < 1.29 is 0 Å². The summed E-state index contributed by atoms with van der Waals surface area (Å²) in [5.41, 5.74) is 8.73. The molecule has 4 aromatic rings. The largest absolute Gasteiger partial charge is 0.383 e. The third-order valence-corrected chi connectivity index (χ3v) is 6.46. The highest BCUT2D eigenvalue weighted by atomic mass is 32.1. The van der Waals surface area contributed by atoms with Gasteiger partial charge in [0.05, 0.1) is 11.4 Å². The zero-order valence-electron chi connectivity index (χ0n) is 16.2. The molecular formula is C22H24N4S. The molecule has 4 nitrogen and oxygen atoms in total. The van der Waals surface area contributed by atoms with E-state index in [0.717, 1.165) is 22.6 Å². The van der Waals surface area contributed by atoms with Crippen molar-refractivity contribution in [2.45, 2.75) is 33.4 Å². The van der Waals surface area contributed by atoms with Gasteiger partial charge < -0.3 is 5.73 Å². The van der Waals surface area contributed by atoms with Gasteiger partial charge in [0, 0.05) is 11.4 Å². The maximum atomic E-state index is 6.26. The second-order valence-corrected chi connectivity index (χ2v) is 8.41. The number of fused-ring (bicyclic) bond motifs is 2. The number of aryl methyl sites for hydroxylation is 2. The molecule has 0 spiro atoms. The number of thiophene rings is 1. The van der Waals surface area contributed by atoms with E-state index in [4.69, 9.17) is 10.7 Å². The quantitative estimate of drug-likeness (QED) is 0.529. The molecule has 2 N–H and O–H groups in total. The Labute approximate surface area is 163 Å². The Bertz CT molecular complexity index is 1130. The van der Waals surface area contributed by atoms with Crippen LogP contribution in [0.15, 0.2) is 42.5 Å². The van der Waals surface area contributed by atoms with E-state index in [1.165, 1.54) is 26.8 Å². The standard InChI is InChI=1S/C22H24N4S/c1-13-15(3)27-22-19(13)20(23)24-21(25-22)14(2)26(4)12-16-9-10-17-7-5-6-8-18(17)11-16/h5-11,14H,12H2,1-4H3,(H2,23,24,25)/t14-/m0/s1. The van der Waals surface area contributed by atoms with Gasteiger partial charge in [-0.3, -0.25) is 4.90 Å². The van der Waals surface area contributed by atoms with E-state index >= 15 is 0 Å². The third kappa shape index (κ3) is 3.29. The lowest BCUT2D eigenvalue weighted by atomic mass is 10.1. The highest BCUT2D eigenvalue weighted by molar-refractivity contribution is 7.18. The molecule has 2 aromatic heterocycles. The van der Waals surface area contributed by atoms with Crippen LogP contribution in [0.25, 0.3) is 21.0 Å². The maximum Gasteiger partial charge on any atom is 0.149 e. The number of nitrogen functional groups attached to an aromatic ring is 1. The van der Waals surface area contributed by atoms with Crippen molar-refractivity contribution in [2.75, 3.05) is 12.8 Å². The van der Waals surface area contributed by atoms with E-state index in [9.17, 15) is 0 Å². The Balaban J connectivity index is 1.61. The van der Waals surface area contributed by atoms with Crippen molar-refractivity contribution in [1.82, 2.24) is 14.9 Å². The summed E-state index contributed by atoms with van der Waals surface area (Å²) in [6.07, 6.45) is 0. The molecule has 2 aromatic carbocycles. The molecule has 0 aliphatic heterocycles. The van der Waals surface area contributed by atoms with Crippen LogP contribution in [0.1, 0.15) is 34.8 Å². The van der Waals surface area contributed by atoms with Crippen LogP contribution in [0.3, 0.4) is 0 Å². The van der Waals surface area contributed by atoms with Gasteiger partial charge >= 0.3 is 0 Å². The molecule has 27 heavy (non-hydrogen) atoms. The highest BCUT2D eigenvalue weighted by Gasteiger charge is 2.19. The predicted octanol–water partition coefficient (Wildman–Crippen LogP) is 5.24. The van der Waals surface area contributed by atoms with E-state index < -0.39 is 0 Å². The van der Waals surface area contributed by atoms with Crippen LogP contribution < -0.4 is 5.73 Å². The van der Waals surface area contributed by atoms with Crippen molar-refractivity contribution in [1.29, 1.82) is 0 Å². The van der Waals surface area contributed by atoms with Gasteiger partial charge in [0.2, 0.25) is 0 Å². The molecule has 0 radical (unpaired) electrons. The van der Waals surface area contributed by atoms with Gasteiger partial charge in [0.1, 0.15) is 16.5 Å². The number of aromatic nitrogens is 2. The van der Waals surface area contributed by atoms with Crippen LogP contribution in [-0.4, -0.2) is 21.9 Å². The van der Waals surface area contributed by atoms with E-state index in [2.05, 4.69) is 80.2 Å². The highest BCUT2D eigenvalue weighted by Crippen LogP contribution is 2.33. The molecule has 5 heteroatoms. The van der Waals surface area contributed by atoms with Crippen molar-refractivity contribution in [2.24, 2.45) is 0 Å². The average molecular weight is 377 g/mol. The van der Waals surface area contributed by atoms with Gasteiger partial charge in [-0.25, -0.2) is 9.97 Å². The van der Waals surface area contributed by atoms with Crippen molar-refractivity contribution in [3.05, 3.63) is 64.3 Å². The molecule has 0 aliphatic carbocycles. The van der Waals surface area contributed by atoms with Gasteiger partial charge in [0.15, 0.2) is 0 Å². The lowest BCUT2D eigenvalue weighted by Gasteiger charge is -2.24. The van der Waals surface area contributed by atoms with Crippen LogP contribution >= 0.6 is 11.3 Å². The Morgan fingerprint density at radius 1 is 1.07 bits per heavy atom. The van der Waals surface area contributed by atoms with Crippen LogP contribution in [0.5, 0.6) is 0 Å². The molecule has 1 atom stereocenters. The summed E-state index contributed by atoms with van der Waals surface area (Å²) in [7, 11) is 2.11. The van der Waals surface area contributed by atoms with Crippen molar-refractivity contribution in [3.63, 3.8) is 0 Å². The van der Waals surface area contributed by atoms with E-state index in [-0.39, 0.29) is 6.04 Å². The molecule has 0 bridgehead atoms. The summed E-state index contributed by atoms with van der Waals surface area (Å²) in [5, 5.41) is 3.54. The number of benzene rings is 2. The first kappa shape index (κ1) is 17.9. The van der Waals surface area contributed by atoms with Gasteiger partial charge in [-0.2, -0.15) is 0 Å². The fourth-order valence-electron chi connectivity index (χ4n) is 3.44. The zero-order valence-corrected chi connectivity index (χ0v) is 17.0. The first-order chi connectivity index (χ1) is 12.9. The Morgan fingerprint density at radius 3 is 2.59 bits per heavy atom. The third-order valence-electron chi connectivity index (χ3n) is 5.35. The number of hydrogen-bond donors (Lipinski definition) is 1. The first-order valence-corrected chi connectivity index (χ1v) is 9.96. The van der Waals surface area contributed by atoms with Crippen LogP contribution in [0.2, 0.25) is 0 Å². The van der Waals surface area contributed by atoms with E-state index in [1.807, 2.05) is 0 Å². The smallest absolute Gasteiger partial charge is 0.149 e. The molecule has 0 amide bonds. The summed E-state index contributed by atoms with van der Waals surface area (Å²) in [5.74, 6) is 1.37. The summed E-state index contributed by atoms with van der Waals surface area (Å²) in [6.45, 7) is 7.16. The monoisotopic (exact) mass is 376 g/mol. The van der Waals surface area contributed by atoms with Crippen LogP contribution in [0, 0.1) is 13.8 Å². The maximum absolute atomic E-state index is 6.26. The predicted molar refractivity (Wildman–Crippen MR) is 115 cm³/mol. The summed E-state index contributed by atoms with van der Waals surface area (Å²) >= 11 is 1.69. The first-order valence-electron chi connectivity index (χ1n) is 9.15. The fourth-order valence-corrected chi connectivity index (χ4v) is 4.49. The minimum atomic E-state index is 0.0749. The summed E-state index contributed by atoms with van der Waals surface area (Å²) < 4.78 is 0. The minimum Gasteiger partial charge on any atom is -0.383 e. The van der Waals surface area contributed by atoms with Crippen molar-refractivity contribution in [3.8, 4) is 0 Å². The van der Waals surface area contributed by atoms with E-state index in [0.29, 0.717) is 5.82 Å². The van der Waals surface area contributed by atoms with Crippen molar-refractivity contribution >= 4 is 38.1 Å². The van der Waals surface area contributed by atoms with E-state index in [1.54, 1.807) is 11.3 Å². The van der Waals surface area contributed by atoms with Gasteiger partial charge in [-0.1, -0.05) is 36.4 Å². The number of nitrogens with two attached hydrogens (primary N) is 1. The number of nitrogens with zero attached hydrogens (tertiary/aromatic N) is 3. The molecule has 0 unspecified atom stereocenters. The molecule has 0 saturated carbocycles. The minimum absolute atomic E-state index is 0.0749. The fraction of sp³-hybridized carbons (Fsp3) is 0.273. The normalized spacial score (nSPS) is 12.9. The zero-order chi connectivity index (χ0) is 19.1. The van der Waals surface area contributed by atoms with Crippen LogP contribution in [0.4, 0.5) is 5.82 Å². The molecule has 4 rings (SSSR count). The van der Waals surface area contributed by atoms with Gasteiger partial charge in [0.25, 0.3) is 0 Å². The van der Waals surface area contributed by atoms with Crippen LogP contribution in [-0.2, 0) is 6.54 Å². The molecule has 2 heterocycles. The van der Waals surface area contributed by atoms with Gasteiger partial charge in [-0.15, -0.1) is 11.3 Å². The summed E-state index contributed by atoms with van der Waals surface area (Å²) in [6, 6.07) is 15.1. The second kappa shape index (κ2) is 6.91. The lowest BCUT2D eigenvalue weighted by molar-refractivity contribution is 0.244. The SMILES string of the molecule is Cc1sc2nc([C@H](C)N(C)Cc3ccc4ccccc4c3)nc(N)c2c1C. The Morgan fingerprint density at radius 2 is 1.81 bits per heavy atom. The topological polar surface area (TPSA) is 55.0 Å². The summed E-state index contributed by atoms with van der Waals surface area (Å²) in [4.78, 5) is 13.9. The lowest BCUT2D eigenvalue weighted by Crippen LogP contribution is -2.24. The van der Waals surface area contributed by atoms with Gasteiger partial charge in [-0.05, 0) is 55.8 Å². The Kier molecular flexibility index (Phi) is 4.58. The Hall–Kier alpha value is -2.50. The molecular weight excluding hydrogens is 352 g/mol. The number of hydrogen-bond acceptors (Lipinski definition) is 5. The number of rotatable bonds is 4. The molecule has 0 saturated heterocycles. The number of anilines is 1. The molecule has 138 valence electrons. The second-order valence-electron chi connectivity index (χ2n) is 7.20. The molecule has 0 fully saturated rings. The average Bonchev–Trinajstić information content (AvgIpc) is 2.95. The molecule has 0 aliphatic rings.